The van der Waals surface area contributed by atoms with Gasteiger partial charge in [0, 0.05) is 49.3 Å². The first-order valence-electron chi connectivity index (χ1n) is 6.83. The zero-order valence-corrected chi connectivity index (χ0v) is 13.1. The van der Waals surface area contributed by atoms with Crippen LogP contribution in [0.25, 0.3) is 0 Å². The Morgan fingerprint density at radius 2 is 1.95 bits per heavy atom. The van der Waals surface area contributed by atoms with Gasteiger partial charge in [-0.2, -0.15) is 0 Å². The predicted molar refractivity (Wildman–Crippen MR) is 87.3 cm³/mol. The van der Waals surface area contributed by atoms with Crippen LogP contribution in [0.4, 0.5) is 10.8 Å². The van der Waals surface area contributed by atoms with Gasteiger partial charge in [0.25, 0.3) is 0 Å². The number of hydrogen-bond donors (Lipinski definition) is 0. The largest absolute Gasteiger partial charge is 0.368 e. The maximum Gasteiger partial charge on any atom is 0.185 e. The number of benzene rings is 1. The topological polar surface area (TPSA) is 19.4 Å². The molecule has 0 aliphatic carbocycles. The SMILES string of the molecule is Cc1ccc(N2CCN(c3nccs3)CC2)c(CCl)c1. The lowest BCUT2D eigenvalue weighted by Crippen LogP contribution is -2.46. The van der Waals surface area contributed by atoms with Gasteiger partial charge in [-0.15, -0.1) is 22.9 Å². The minimum Gasteiger partial charge on any atom is -0.368 e. The lowest BCUT2D eigenvalue weighted by atomic mass is 10.1. The van der Waals surface area contributed by atoms with Crippen molar-refractivity contribution in [3.63, 3.8) is 0 Å². The number of hydrogen-bond acceptors (Lipinski definition) is 4. The average molecular weight is 308 g/mol. The highest BCUT2D eigenvalue weighted by Crippen LogP contribution is 2.26. The summed E-state index contributed by atoms with van der Waals surface area (Å²) in [6.45, 7) is 6.19. The van der Waals surface area contributed by atoms with Gasteiger partial charge < -0.3 is 9.80 Å². The quantitative estimate of drug-likeness (QED) is 0.809. The predicted octanol–water partition coefficient (Wildman–Crippen LogP) is 3.52. The summed E-state index contributed by atoms with van der Waals surface area (Å²) in [7, 11) is 0. The van der Waals surface area contributed by atoms with Gasteiger partial charge >= 0.3 is 0 Å². The first-order chi connectivity index (χ1) is 9.78. The van der Waals surface area contributed by atoms with Gasteiger partial charge in [-0.3, -0.25) is 0 Å². The van der Waals surface area contributed by atoms with E-state index in [0.29, 0.717) is 5.88 Å². The van der Waals surface area contributed by atoms with Gasteiger partial charge in [-0.05, 0) is 18.6 Å². The molecule has 0 spiro atoms. The van der Waals surface area contributed by atoms with Crippen molar-refractivity contribution in [2.24, 2.45) is 0 Å². The van der Waals surface area contributed by atoms with Crippen LogP contribution < -0.4 is 9.80 Å². The molecule has 3 rings (SSSR count). The molecule has 20 heavy (non-hydrogen) atoms. The fourth-order valence-corrected chi connectivity index (χ4v) is 3.55. The van der Waals surface area contributed by atoms with Crippen molar-refractivity contribution < 1.29 is 0 Å². The standard InChI is InChI=1S/C15H18ClN3S/c1-12-2-3-14(13(10-12)11-16)18-5-7-19(8-6-18)15-17-4-9-20-15/h2-4,9-10H,5-8,11H2,1H3. The van der Waals surface area contributed by atoms with Crippen molar-refractivity contribution >= 4 is 33.8 Å². The van der Waals surface area contributed by atoms with Crippen molar-refractivity contribution in [1.82, 2.24) is 4.98 Å². The number of nitrogens with zero attached hydrogens (tertiary/aromatic N) is 3. The summed E-state index contributed by atoms with van der Waals surface area (Å²) in [5.41, 5.74) is 3.78. The Morgan fingerprint density at radius 1 is 1.20 bits per heavy atom. The van der Waals surface area contributed by atoms with Gasteiger partial charge in [-0.25, -0.2) is 4.98 Å². The molecule has 1 saturated heterocycles. The first-order valence-corrected chi connectivity index (χ1v) is 8.24. The summed E-state index contributed by atoms with van der Waals surface area (Å²) in [5, 5.41) is 3.17. The molecule has 0 unspecified atom stereocenters. The Balaban J connectivity index is 1.72. The molecular formula is C15H18ClN3S. The highest BCUT2D eigenvalue weighted by Gasteiger charge is 2.20. The molecule has 1 aromatic heterocycles. The van der Waals surface area contributed by atoms with Gasteiger partial charge in [0.2, 0.25) is 0 Å². The Bertz CT molecular complexity index is 563. The number of piperazine rings is 1. The molecule has 0 bridgehead atoms. The summed E-state index contributed by atoms with van der Waals surface area (Å²) in [5.74, 6) is 0.573. The molecule has 1 aliphatic heterocycles. The number of halogens is 1. The third kappa shape index (κ3) is 2.76. The highest BCUT2D eigenvalue weighted by atomic mass is 35.5. The zero-order valence-electron chi connectivity index (χ0n) is 11.6. The van der Waals surface area contributed by atoms with Crippen LogP contribution in [-0.2, 0) is 5.88 Å². The van der Waals surface area contributed by atoms with Crippen LogP contribution in [0, 0.1) is 6.92 Å². The van der Waals surface area contributed by atoms with E-state index in [0.717, 1.165) is 31.3 Å². The van der Waals surface area contributed by atoms with E-state index >= 15 is 0 Å². The Hall–Kier alpha value is -1.26. The van der Waals surface area contributed by atoms with Crippen molar-refractivity contribution in [2.45, 2.75) is 12.8 Å². The second kappa shape index (κ2) is 6.02. The van der Waals surface area contributed by atoms with Crippen molar-refractivity contribution in [2.75, 3.05) is 36.0 Å². The van der Waals surface area contributed by atoms with Crippen molar-refractivity contribution in [1.29, 1.82) is 0 Å². The van der Waals surface area contributed by atoms with E-state index in [1.807, 2.05) is 11.6 Å². The Morgan fingerprint density at radius 3 is 2.60 bits per heavy atom. The molecule has 0 saturated carbocycles. The van der Waals surface area contributed by atoms with E-state index in [2.05, 4.69) is 39.9 Å². The van der Waals surface area contributed by atoms with E-state index in [4.69, 9.17) is 11.6 Å². The van der Waals surface area contributed by atoms with Crippen LogP contribution in [-0.4, -0.2) is 31.2 Å². The van der Waals surface area contributed by atoms with Crippen LogP contribution in [0.2, 0.25) is 0 Å². The van der Waals surface area contributed by atoms with Crippen LogP contribution in [0.1, 0.15) is 11.1 Å². The molecule has 0 atom stereocenters. The summed E-state index contributed by atoms with van der Waals surface area (Å²) < 4.78 is 0. The average Bonchev–Trinajstić information content (AvgIpc) is 3.01. The van der Waals surface area contributed by atoms with E-state index in [-0.39, 0.29) is 0 Å². The minimum atomic E-state index is 0.573. The van der Waals surface area contributed by atoms with Gasteiger partial charge in [-0.1, -0.05) is 17.7 Å². The molecule has 0 N–H and O–H groups in total. The van der Waals surface area contributed by atoms with E-state index in [1.165, 1.54) is 16.8 Å². The third-order valence-electron chi connectivity index (χ3n) is 3.69. The van der Waals surface area contributed by atoms with Gasteiger partial charge in [0.15, 0.2) is 5.13 Å². The lowest BCUT2D eigenvalue weighted by molar-refractivity contribution is 0.650. The summed E-state index contributed by atoms with van der Waals surface area (Å²) >= 11 is 7.80. The molecule has 1 fully saturated rings. The van der Waals surface area contributed by atoms with Crippen LogP contribution in [0.3, 0.4) is 0 Å². The van der Waals surface area contributed by atoms with Crippen molar-refractivity contribution in [3.05, 3.63) is 40.9 Å². The van der Waals surface area contributed by atoms with E-state index in [1.54, 1.807) is 11.3 Å². The lowest BCUT2D eigenvalue weighted by Gasteiger charge is -2.36. The monoisotopic (exact) mass is 307 g/mol. The van der Waals surface area contributed by atoms with Gasteiger partial charge in [0.1, 0.15) is 0 Å². The molecule has 5 heteroatoms. The van der Waals surface area contributed by atoms with Crippen LogP contribution >= 0.6 is 22.9 Å². The molecule has 0 amide bonds. The second-order valence-electron chi connectivity index (χ2n) is 5.05. The van der Waals surface area contributed by atoms with E-state index in [9.17, 15) is 0 Å². The third-order valence-corrected chi connectivity index (χ3v) is 4.81. The summed E-state index contributed by atoms with van der Waals surface area (Å²) in [4.78, 5) is 9.18. The van der Waals surface area contributed by atoms with Crippen LogP contribution in [0.15, 0.2) is 29.8 Å². The number of anilines is 2. The molecular weight excluding hydrogens is 290 g/mol. The molecule has 0 radical (unpaired) electrons. The number of aryl methyl sites for hydroxylation is 1. The highest BCUT2D eigenvalue weighted by molar-refractivity contribution is 7.13. The number of alkyl halides is 1. The Kier molecular flexibility index (Phi) is 4.13. The summed E-state index contributed by atoms with van der Waals surface area (Å²) in [6, 6.07) is 6.56. The normalized spacial score (nSPS) is 15.7. The number of aromatic nitrogens is 1. The number of rotatable bonds is 3. The van der Waals surface area contributed by atoms with E-state index < -0.39 is 0 Å². The maximum atomic E-state index is 6.09. The molecule has 106 valence electrons. The zero-order chi connectivity index (χ0) is 13.9. The molecule has 1 aromatic carbocycles. The van der Waals surface area contributed by atoms with Gasteiger partial charge in [0.05, 0.1) is 0 Å². The fraction of sp³-hybridized carbons (Fsp3) is 0.400. The smallest absolute Gasteiger partial charge is 0.185 e. The van der Waals surface area contributed by atoms with Crippen molar-refractivity contribution in [3.8, 4) is 0 Å². The molecule has 3 nitrogen and oxygen atoms in total. The Labute approximate surface area is 128 Å². The first kappa shape index (κ1) is 13.7. The van der Waals surface area contributed by atoms with Crippen LogP contribution in [0.5, 0.6) is 0 Å². The maximum absolute atomic E-state index is 6.09. The fourth-order valence-electron chi connectivity index (χ4n) is 2.64. The molecule has 2 aromatic rings. The minimum absolute atomic E-state index is 0.573. The number of thiazole rings is 1. The summed E-state index contributed by atoms with van der Waals surface area (Å²) in [6.07, 6.45) is 1.87. The second-order valence-corrected chi connectivity index (χ2v) is 6.19. The molecule has 1 aliphatic rings. The molecule has 2 heterocycles.